The molecule has 0 fully saturated rings. The Balaban J connectivity index is 1.52. The summed E-state index contributed by atoms with van der Waals surface area (Å²) in [5, 5.41) is 8.72. The highest BCUT2D eigenvalue weighted by Crippen LogP contribution is 2.24. The molecule has 0 aliphatic carbocycles. The van der Waals surface area contributed by atoms with Crippen LogP contribution in [0.5, 0.6) is 0 Å². The number of esters is 1. The van der Waals surface area contributed by atoms with Crippen LogP contribution in [0.4, 0.5) is 15.9 Å². The summed E-state index contributed by atoms with van der Waals surface area (Å²) in [4.78, 5) is 37.0. The zero-order chi connectivity index (χ0) is 22.2. The molecule has 0 aliphatic heterocycles. The smallest absolute Gasteiger partial charge is 0.339 e. The SMILES string of the molecule is Cc1cc(NC(=O)COC(=O)c2ccccc2SCC(=O)Nc2ccc(F)cc2)no1. The molecule has 2 N–H and O–H groups in total. The second kappa shape index (κ2) is 10.4. The van der Waals surface area contributed by atoms with E-state index in [0.29, 0.717) is 16.3 Å². The minimum Gasteiger partial charge on any atom is -0.452 e. The number of benzene rings is 2. The second-order valence-electron chi connectivity index (χ2n) is 6.29. The Hall–Kier alpha value is -3.66. The number of hydrogen-bond donors (Lipinski definition) is 2. The van der Waals surface area contributed by atoms with Gasteiger partial charge in [0.15, 0.2) is 12.4 Å². The summed E-state index contributed by atoms with van der Waals surface area (Å²) >= 11 is 1.14. The van der Waals surface area contributed by atoms with Gasteiger partial charge in [-0.1, -0.05) is 17.3 Å². The molecule has 1 aromatic heterocycles. The van der Waals surface area contributed by atoms with Gasteiger partial charge in [-0.2, -0.15) is 0 Å². The Morgan fingerprint density at radius 3 is 2.52 bits per heavy atom. The first-order valence-corrected chi connectivity index (χ1v) is 10.1. The summed E-state index contributed by atoms with van der Waals surface area (Å²) in [7, 11) is 0. The van der Waals surface area contributed by atoms with Crippen LogP contribution >= 0.6 is 11.8 Å². The van der Waals surface area contributed by atoms with Crippen LogP contribution in [0.2, 0.25) is 0 Å². The third-order valence-electron chi connectivity index (χ3n) is 3.82. The van der Waals surface area contributed by atoms with E-state index < -0.39 is 24.3 Å². The number of halogens is 1. The predicted octanol–water partition coefficient (Wildman–Crippen LogP) is 3.65. The van der Waals surface area contributed by atoms with Crippen molar-refractivity contribution >= 4 is 41.1 Å². The van der Waals surface area contributed by atoms with Crippen molar-refractivity contribution in [3.8, 4) is 0 Å². The minimum atomic E-state index is -0.700. The van der Waals surface area contributed by atoms with Gasteiger partial charge >= 0.3 is 5.97 Å². The number of ether oxygens (including phenoxy) is 1. The molecule has 0 atom stereocenters. The van der Waals surface area contributed by atoms with Gasteiger partial charge in [0.25, 0.3) is 5.91 Å². The number of carbonyl (C=O) groups excluding carboxylic acids is 3. The second-order valence-corrected chi connectivity index (χ2v) is 7.30. The third-order valence-corrected chi connectivity index (χ3v) is 4.90. The van der Waals surface area contributed by atoms with Crippen molar-refractivity contribution in [3.05, 3.63) is 71.7 Å². The fourth-order valence-electron chi connectivity index (χ4n) is 2.45. The number of aryl methyl sites for hydroxylation is 1. The summed E-state index contributed by atoms with van der Waals surface area (Å²) in [6.07, 6.45) is 0. The molecule has 160 valence electrons. The molecule has 0 saturated heterocycles. The number of carbonyl (C=O) groups is 3. The highest BCUT2D eigenvalue weighted by atomic mass is 32.2. The highest BCUT2D eigenvalue weighted by Gasteiger charge is 2.16. The lowest BCUT2D eigenvalue weighted by atomic mass is 10.2. The summed E-state index contributed by atoms with van der Waals surface area (Å²) in [5.74, 6) is -1.21. The molecule has 0 unspecified atom stereocenters. The van der Waals surface area contributed by atoms with Gasteiger partial charge in [-0.3, -0.25) is 9.59 Å². The van der Waals surface area contributed by atoms with Crippen molar-refractivity contribution in [1.29, 1.82) is 0 Å². The van der Waals surface area contributed by atoms with Gasteiger partial charge in [-0.15, -0.1) is 11.8 Å². The summed E-state index contributed by atoms with van der Waals surface area (Å²) in [6.45, 7) is 1.17. The van der Waals surface area contributed by atoms with E-state index in [1.807, 2.05) is 0 Å². The number of nitrogens with zero attached hydrogens (tertiary/aromatic N) is 1. The average Bonchev–Trinajstić information content (AvgIpc) is 3.17. The zero-order valence-corrected chi connectivity index (χ0v) is 17.2. The van der Waals surface area contributed by atoms with Crippen molar-refractivity contribution in [3.63, 3.8) is 0 Å². The van der Waals surface area contributed by atoms with E-state index in [2.05, 4.69) is 15.8 Å². The largest absolute Gasteiger partial charge is 0.452 e. The van der Waals surface area contributed by atoms with E-state index in [-0.39, 0.29) is 23.0 Å². The molecule has 2 amide bonds. The van der Waals surface area contributed by atoms with Crippen molar-refractivity contribution in [2.45, 2.75) is 11.8 Å². The molecule has 8 nitrogen and oxygen atoms in total. The van der Waals surface area contributed by atoms with E-state index in [4.69, 9.17) is 9.26 Å². The molecule has 1 heterocycles. The first kappa shape index (κ1) is 22.0. The number of hydrogen-bond acceptors (Lipinski definition) is 7. The third kappa shape index (κ3) is 6.68. The van der Waals surface area contributed by atoms with Crippen molar-refractivity contribution in [2.24, 2.45) is 0 Å². The monoisotopic (exact) mass is 443 g/mol. The van der Waals surface area contributed by atoms with E-state index in [9.17, 15) is 18.8 Å². The normalized spacial score (nSPS) is 10.4. The molecule has 3 rings (SSSR count). The Morgan fingerprint density at radius 1 is 1.06 bits per heavy atom. The van der Waals surface area contributed by atoms with Crippen molar-refractivity contribution in [2.75, 3.05) is 23.0 Å². The maximum Gasteiger partial charge on any atom is 0.339 e. The van der Waals surface area contributed by atoms with Crippen LogP contribution in [-0.4, -0.2) is 35.3 Å². The van der Waals surface area contributed by atoms with E-state index >= 15 is 0 Å². The summed E-state index contributed by atoms with van der Waals surface area (Å²) < 4.78 is 22.8. The van der Waals surface area contributed by atoms with Gasteiger partial charge in [0.1, 0.15) is 11.6 Å². The molecule has 31 heavy (non-hydrogen) atoms. The predicted molar refractivity (Wildman–Crippen MR) is 112 cm³/mol. The van der Waals surface area contributed by atoms with Crippen LogP contribution in [0.3, 0.4) is 0 Å². The number of nitrogens with one attached hydrogen (secondary N) is 2. The lowest BCUT2D eigenvalue weighted by Gasteiger charge is -2.09. The van der Waals surface area contributed by atoms with Crippen LogP contribution in [0.1, 0.15) is 16.1 Å². The van der Waals surface area contributed by atoms with Gasteiger partial charge in [0.05, 0.1) is 11.3 Å². The summed E-state index contributed by atoms with van der Waals surface area (Å²) in [6, 6.07) is 13.5. The highest BCUT2D eigenvalue weighted by molar-refractivity contribution is 8.00. The fraction of sp³-hybridized carbons (Fsp3) is 0.143. The molecule has 0 saturated carbocycles. The number of aromatic nitrogens is 1. The minimum absolute atomic E-state index is 0.0215. The van der Waals surface area contributed by atoms with Crippen LogP contribution in [-0.2, 0) is 14.3 Å². The molecule has 3 aromatic rings. The number of thioether (sulfide) groups is 1. The number of amides is 2. The van der Waals surface area contributed by atoms with Crippen LogP contribution in [0.15, 0.2) is 64.0 Å². The Morgan fingerprint density at radius 2 is 1.81 bits per heavy atom. The van der Waals surface area contributed by atoms with Crippen molar-refractivity contribution < 1.29 is 28.0 Å². The van der Waals surface area contributed by atoms with E-state index in [0.717, 1.165) is 11.8 Å². The Labute approximate surface area is 181 Å². The molecular weight excluding hydrogens is 425 g/mol. The van der Waals surface area contributed by atoms with Gasteiger partial charge in [-0.25, -0.2) is 9.18 Å². The molecule has 2 aromatic carbocycles. The van der Waals surface area contributed by atoms with E-state index in [1.165, 1.54) is 30.3 Å². The zero-order valence-electron chi connectivity index (χ0n) is 16.4. The average molecular weight is 443 g/mol. The standard InChI is InChI=1S/C21H18FN3O5S/c1-13-10-18(25-30-13)24-19(26)11-29-21(28)16-4-2-3-5-17(16)31-12-20(27)23-15-8-6-14(22)7-9-15/h2-10H,11-12H2,1H3,(H,23,27)(H,24,25,26). The fourth-order valence-corrected chi connectivity index (χ4v) is 3.29. The summed E-state index contributed by atoms with van der Waals surface area (Å²) in [5.41, 5.74) is 0.695. The number of anilines is 2. The number of rotatable bonds is 8. The van der Waals surface area contributed by atoms with Crippen LogP contribution in [0.25, 0.3) is 0 Å². The van der Waals surface area contributed by atoms with Gasteiger partial charge < -0.3 is 19.9 Å². The lowest BCUT2D eigenvalue weighted by Crippen LogP contribution is -2.21. The van der Waals surface area contributed by atoms with E-state index in [1.54, 1.807) is 31.2 Å². The van der Waals surface area contributed by atoms with Crippen molar-refractivity contribution in [1.82, 2.24) is 5.16 Å². The molecule has 0 bridgehead atoms. The Kier molecular flexibility index (Phi) is 7.39. The molecule has 0 aliphatic rings. The first-order chi connectivity index (χ1) is 14.9. The lowest BCUT2D eigenvalue weighted by molar-refractivity contribution is -0.119. The molecular formula is C21H18FN3O5S. The van der Waals surface area contributed by atoms with Crippen LogP contribution < -0.4 is 10.6 Å². The quantitative estimate of drug-likeness (QED) is 0.404. The molecule has 0 spiro atoms. The van der Waals surface area contributed by atoms with Gasteiger partial charge in [-0.05, 0) is 43.3 Å². The maximum atomic E-state index is 12.9. The maximum absolute atomic E-state index is 12.9. The topological polar surface area (TPSA) is 111 Å². The molecule has 10 heteroatoms. The Bertz CT molecular complexity index is 1080. The van der Waals surface area contributed by atoms with Crippen LogP contribution in [0, 0.1) is 12.7 Å². The molecule has 0 radical (unpaired) electrons. The first-order valence-electron chi connectivity index (χ1n) is 9.08. The van der Waals surface area contributed by atoms with Gasteiger partial charge in [0, 0.05) is 16.6 Å². The van der Waals surface area contributed by atoms with Gasteiger partial charge in [0.2, 0.25) is 5.91 Å².